The molecule has 5 rings (SSSR count). The molecule has 1 fully saturated rings. The molecule has 0 aliphatic carbocycles. The first-order valence-corrected chi connectivity index (χ1v) is 15.1. The summed E-state index contributed by atoms with van der Waals surface area (Å²) in [5.41, 5.74) is -1.04. The van der Waals surface area contributed by atoms with E-state index in [1.807, 2.05) is 23.6 Å². The number of nitrogens with zero attached hydrogens (tertiary/aromatic N) is 4. The van der Waals surface area contributed by atoms with Gasteiger partial charge in [-0.2, -0.15) is 18.2 Å². The average molecular weight is 622 g/mol. The summed E-state index contributed by atoms with van der Waals surface area (Å²) >= 11 is 1.20. The van der Waals surface area contributed by atoms with Gasteiger partial charge in [0, 0.05) is 53.3 Å². The number of halogens is 4. The molecule has 1 saturated heterocycles. The van der Waals surface area contributed by atoms with E-state index < -0.39 is 35.6 Å². The molecule has 2 aliphatic rings. The lowest BCUT2D eigenvalue weighted by atomic mass is 9.96. The number of aliphatic hydroxyl groups excluding tert-OH is 1. The van der Waals surface area contributed by atoms with Crippen LogP contribution in [0, 0.1) is 5.82 Å². The number of aliphatic hydroxyl groups is 1. The Morgan fingerprint density at radius 2 is 1.88 bits per heavy atom. The van der Waals surface area contributed by atoms with Gasteiger partial charge in [-0.3, -0.25) is 9.47 Å². The molecule has 8 nitrogen and oxygen atoms in total. The van der Waals surface area contributed by atoms with Gasteiger partial charge >= 0.3 is 11.9 Å². The van der Waals surface area contributed by atoms with Crippen molar-refractivity contribution in [3.8, 4) is 11.1 Å². The summed E-state index contributed by atoms with van der Waals surface area (Å²) in [5.74, 6) is -0.103. The fraction of sp³-hybridized carbons (Fsp3) is 0.467. The number of hydrogen-bond donors (Lipinski definition) is 2. The number of benzene rings is 2. The number of hydrogen-bond acceptors (Lipinski definition) is 8. The molecule has 43 heavy (non-hydrogen) atoms. The van der Waals surface area contributed by atoms with Gasteiger partial charge in [-0.15, -0.1) is 11.8 Å². The molecular weight excluding hydrogens is 586 g/mol. The van der Waals surface area contributed by atoms with Crippen molar-refractivity contribution in [2.45, 2.75) is 55.9 Å². The maximum Gasteiger partial charge on any atom is 0.417 e. The van der Waals surface area contributed by atoms with Crippen LogP contribution in [0.25, 0.3) is 22.0 Å². The number of thioether (sulfide) groups is 1. The van der Waals surface area contributed by atoms with E-state index in [9.17, 15) is 27.5 Å². The molecule has 0 radical (unpaired) electrons. The third-order valence-electron chi connectivity index (χ3n) is 7.95. The summed E-state index contributed by atoms with van der Waals surface area (Å²) in [6.45, 7) is 9.15. The quantitative estimate of drug-likeness (QED) is 0.219. The zero-order valence-corrected chi connectivity index (χ0v) is 25.0. The molecule has 0 amide bonds. The first-order valence-electron chi connectivity index (χ1n) is 14.1. The number of alkyl halides is 3. The standard InChI is InChI=1S/C30H35F4N5O3S/c1-5-24(40)39-17(2)13-37(14-18(39)3)28-22-12-23(30(32,33)34)25(19-6-8-20(31)9-7-19)27-26(22)38(29(41)36-28)15-21(16-43-27)42-11-10-35-4/h5-9,12,17-18,21,24,35,40H,1,10-11,13-16H2,2-4H3/t17-,18+,21?,24?. The Morgan fingerprint density at radius 1 is 1.21 bits per heavy atom. The lowest BCUT2D eigenvalue weighted by Crippen LogP contribution is -2.60. The smallest absolute Gasteiger partial charge is 0.375 e. The Balaban J connectivity index is 1.76. The first kappa shape index (κ1) is 31.5. The van der Waals surface area contributed by atoms with Gasteiger partial charge in [0.2, 0.25) is 0 Å². The van der Waals surface area contributed by atoms with Crippen molar-refractivity contribution in [3.63, 3.8) is 0 Å². The van der Waals surface area contributed by atoms with Crippen molar-refractivity contribution in [1.29, 1.82) is 0 Å². The minimum atomic E-state index is -4.75. The van der Waals surface area contributed by atoms with Gasteiger partial charge in [0.15, 0.2) is 0 Å². The molecule has 3 aromatic rings. The van der Waals surface area contributed by atoms with Crippen LogP contribution in [0.3, 0.4) is 0 Å². The summed E-state index contributed by atoms with van der Waals surface area (Å²) in [6.07, 6.45) is -4.68. The zero-order chi connectivity index (χ0) is 31.1. The van der Waals surface area contributed by atoms with Crippen LogP contribution in [-0.4, -0.2) is 83.0 Å². The Bertz CT molecular complexity index is 1540. The van der Waals surface area contributed by atoms with Crippen molar-refractivity contribution in [1.82, 2.24) is 19.8 Å². The number of nitrogens with one attached hydrogen (secondary N) is 1. The molecule has 2 N–H and O–H groups in total. The maximum atomic E-state index is 14.9. The zero-order valence-electron chi connectivity index (χ0n) is 24.2. The molecule has 0 saturated carbocycles. The second-order valence-electron chi connectivity index (χ2n) is 11.0. The molecule has 232 valence electrons. The van der Waals surface area contributed by atoms with Crippen LogP contribution in [0.2, 0.25) is 0 Å². The molecule has 2 aliphatic heterocycles. The molecular formula is C30H35F4N5O3S. The van der Waals surface area contributed by atoms with E-state index in [1.165, 1.54) is 34.5 Å². The van der Waals surface area contributed by atoms with E-state index >= 15 is 0 Å². The van der Waals surface area contributed by atoms with E-state index in [4.69, 9.17) is 4.74 Å². The highest BCUT2D eigenvalue weighted by atomic mass is 32.2. The van der Waals surface area contributed by atoms with Crippen LogP contribution >= 0.6 is 11.8 Å². The molecule has 1 aromatic heterocycles. The summed E-state index contributed by atoms with van der Waals surface area (Å²) < 4.78 is 65.8. The highest BCUT2D eigenvalue weighted by Gasteiger charge is 2.40. The van der Waals surface area contributed by atoms with Gasteiger partial charge in [0.1, 0.15) is 17.9 Å². The highest BCUT2D eigenvalue weighted by molar-refractivity contribution is 7.99. The van der Waals surface area contributed by atoms with E-state index in [-0.39, 0.29) is 45.9 Å². The van der Waals surface area contributed by atoms with E-state index in [0.29, 0.717) is 37.5 Å². The summed E-state index contributed by atoms with van der Waals surface area (Å²) in [7, 11) is 1.78. The Labute approximate surface area is 251 Å². The third kappa shape index (κ3) is 6.18. The largest absolute Gasteiger partial charge is 0.417 e. The lowest BCUT2D eigenvalue weighted by Gasteiger charge is -2.46. The van der Waals surface area contributed by atoms with Gasteiger partial charge in [-0.1, -0.05) is 18.7 Å². The van der Waals surface area contributed by atoms with Crippen LogP contribution in [0.5, 0.6) is 0 Å². The van der Waals surface area contributed by atoms with Crippen LogP contribution in [0.4, 0.5) is 23.4 Å². The van der Waals surface area contributed by atoms with Gasteiger partial charge in [-0.25, -0.2) is 9.18 Å². The normalized spacial score (nSPS) is 22.0. The second kappa shape index (κ2) is 12.6. The van der Waals surface area contributed by atoms with Crippen LogP contribution in [-0.2, 0) is 17.5 Å². The number of aromatic nitrogens is 2. The summed E-state index contributed by atoms with van der Waals surface area (Å²) in [4.78, 5) is 22.0. The highest BCUT2D eigenvalue weighted by Crippen LogP contribution is 2.48. The summed E-state index contributed by atoms with van der Waals surface area (Å²) in [5, 5.41) is 13.7. The SMILES string of the molecule is C=CC(O)N1[C@H](C)CN(c2nc(=O)n3c4c(c(-c5ccc(F)cc5)c(C(F)(F)F)cc24)SCC(OCCNC)C3)C[C@@H]1C. The van der Waals surface area contributed by atoms with Crippen molar-refractivity contribution in [2.75, 3.05) is 43.9 Å². The van der Waals surface area contributed by atoms with E-state index in [2.05, 4.69) is 16.9 Å². The fourth-order valence-electron chi connectivity index (χ4n) is 6.08. The van der Waals surface area contributed by atoms with Gasteiger partial charge < -0.3 is 20.1 Å². The molecule has 2 aromatic carbocycles. The number of ether oxygens (including phenoxy) is 1. The number of piperazine rings is 1. The van der Waals surface area contributed by atoms with E-state index in [1.54, 1.807) is 7.05 Å². The van der Waals surface area contributed by atoms with Crippen molar-refractivity contribution >= 4 is 28.5 Å². The Hall–Kier alpha value is -2.97. The first-order chi connectivity index (χ1) is 20.4. The van der Waals surface area contributed by atoms with Crippen LogP contribution in [0.1, 0.15) is 19.4 Å². The third-order valence-corrected chi connectivity index (χ3v) is 9.17. The predicted molar refractivity (Wildman–Crippen MR) is 160 cm³/mol. The predicted octanol–water partition coefficient (Wildman–Crippen LogP) is 4.34. The molecule has 0 bridgehead atoms. The van der Waals surface area contributed by atoms with E-state index in [0.717, 1.165) is 18.2 Å². The molecule has 3 heterocycles. The molecule has 0 spiro atoms. The topological polar surface area (TPSA) is 82.9 Å². The van der Waals surface area contributed by atoms with Crippen molar-refractivity contribution in [3.05, 3.63) is 64.9 Å². The molecule has 2 unspecified atom stereocenters. The lowest BCUT2D eigenvalue weighted by molar-refractivity contribution is -0.137. The average Bonchev–Trinajstić information content (AvgIpc) is 3.15. The maximum absolute atomic E-state index is 14.9. The summed E-state index contributed by atoms with van der Waals surface area (Å²) in [6, 6.07) is 5.54. The fourth-order valence-corrected chi connectivity index (χ4v) is 7.37. The van der Waals surface area contributed by atoms with Crippen molar-refractivity contribution in [2.24, 2.45) is 0 Å². The minimum Gasteiger partial charge on any atom is -0.375 e. The van der Waals surface area contributed by atoms with Crippen LogP contribution in [0.15, 0.2) is 52.7 Å². The number of likely N-dealkylation sites (N-methyl/N-ethyl adjacent to an activating group) is 1. The van der Waals surface area contributed by atoms with Gasteiger partial charge in [0.25, 0.3) is 0 Å². The molecule has 4 atom stereocenters. The second-order valence-corrected chi connectivity index (χ2v) is 12.0. The van der Waals surface area contributed by atoms with Gasteiger partial charge in [0.05, 0.1) is 30.3 Å². The minimum absolute atomic E-state index is 0.105. The van der Waals surface area contributed by atoms with Gasteiger partial charge in [-0.05, 0) is 50.7 Å². The monoisotopic (exact) mass is 621 g/mol. The molecule has 13 heteroatoms. The van der Waals surface area contributed by atoms with Crippen molar-refractivity contribution < 1.29 is 27.4 Å². The Kier molecular flexibility index (Phi) is 9.19. The number of rotatable bonds is 8. The Morgan fingerprint density at radius 3 is 2.49 bits per heavy atom. The number of anilines is 1. The van der Waals surface area contributed by atoms with Crippen LogP contribution < -0.4 is 15.9 Å².